The van der Waals surface area contributed by atoms with Gasteiger partial charge in [0.15, 0.2) is 0 Å². The predicted octanol–water partition coefficient (Wildman–Crippen LogP) is 2.17. The zero-order valence-corrected chi connectivity index (χ0v) is 11.8. The Morgan fingerprint density at radius 1 is 1.24 bits per heavy atom. The zero-order valence-electron chi connectivity index (χ0n) is 11.8. The van der Waals surface area contributed by atoms with Crippen LogP contribution in [0.2, 0.25) is 0 Å². The molecule has 17 heavy (non-hydrogen) atoms. The Kier molecular flexibility index (Phi) is 5.96. The Bertz CT molecular complexity index is 230. The molecule has 1 rings (SSSR count). The van der Waals surface area contributed by atoms with Gasteiger partial charge in [0, 0.05) is 12.6 Å². The molecule has 0 aliphatic heterocycles. The van der Waals surface area contributed by atoms with Gasteiger partial charge >= 0.3 is 0 Å². The van der Waals surface area contributed by atoms with Crippen LogP contribution < -0.4 is 10.6 Å². The molecule has 0 aromatic heterocycles. The SMILES string of the molecule is CC(C)CNC(=O)CNC1C(C)CCCC1C. The van der Waals surface area contributed by atoms with Gasteiger partial charge < -0.3 is 10.6 Å². The minimum atomic E-state index is 0.128. The Morgan fingerprint density at radius 3 is 2.35 bits per heavy atom. The molecule has 0 heterocycles. The van der Waals surface area contributed by atoms with E-state index in [2.05, 4.69) is 38.3 Å². The summed E-state index contributed by atoms with van der Waals surface area (Å²) in [6, 6.07) is 0.508. The Labute approximate surface area is 106 Å². The summed E-state index contributed by atoms with van der Waals surface area (Å²) in [5, 5.41) is 6.38. The van der Waals surface area contributed by atoms with E-state index in [0.29, 0.717) is 30.3 Å². The first-order chi connectivity index (χ1) is 8.00. The number of nitrogens with one attached hydrogen (secondary N) is 2. The Hall–Kier alpha value is -0.570. The molecule has 1 aliphatic carbocycles. The van der Waals surface area contributed by atoms with Crippen LogP contribution in [-0.4, -0.2) is 25.0 Å². The zero-order chi connectivity index (χ0) is 12.8. The summed E-state index contributed by atoms with van der Waals surface area (Å²) in [7, 11) is 0. The number of amides is 1. The molecule has 0 aromatic rings. The minimum absolute atomic E-state index is 0.128. The number of carbonyl (C=O) groups excluding carboxylic acids is 1. The first-order valence-corrected chi connectivity index (χ1v) is 7.00. The fourth-order valence-electron chi connectivity index (χ4n) is 2.68. The van der Waals surface area contributed by atoms with Crippen LogP contribution in [0.4, 0.5) is 0 Å². The van der Waals surface area contributed by atoms with E-state index in [0.717, 1.165) is 6.54 Å². The van der Waals surface area contributed by atoms with E-state index in [9.17, 15) is 4.79 Å². The van der Waals surface area contributed by atoms with Gasteiger partial charge in [0.1, 0.15) is 0 Å². The molecule has 100 valence electrons. The van der Waals surface area contributed by atoms with Gasteiger partial charge in [-0.1, -0.05) is 34.1 Å². The van der Waals surface area contributed by atoms with Crippen LogP contribution in [0.25, 0.3) is 0 Å². The van der Waals surface area contributed by atoms with Gasteiger partial charge in [-0.05, 0) is 30.6 Å². The molecule has 2 unspecified atom stereocenters. The van der Waals surface area contributed by atoms with E-state index in [4.69, 9.17) is 0 Å². The number of hydrogen-bond donors (Lipinski definition) is 2. The second kappa shape index (κ2) is 7.00. The van der Waals surface area contributed by atoms with E-state index in [1.807, 2.05) is 0 Å². The van der Waals surface area contributed by atoms with Gasteiger partial charge in [-0.2, -0.15) is 0 Å². The highest BCUT2D eigenvalue weighted by Gasteiger charge is 2.27. The lowest BCUT2D eigenvalue weighted by Crippen LogP contribution is -2.47. The summed E-state index contributed by atoms with van der Waals surface area (Å²) < 4.78 is 0. The van der Waals surface area contributed by atoms with Crippen molar-refractivity contribution in [3.8, 4) is 0 Å². The average Bonchev–Trinajstić information content (AvgIpc) is 2.25. The molecule has 1 fully saturated rings. The van der Waals surface area contributed by atoms with Crippen LogP contribution in [0.1, 0.15) is 47.0 Å². The molecule has 2 N–H and O–H groups in total. The van der Waals surface area contributed by atoms with Crippen molar-refractivity contribution >= 4 is 5.91 Å². The first kappa shape index (κ1) is 14.5. The third kappa shape index (κ3) is 5.07. The molecule has 1 aliphatic rings. The number of rotatable bonds is 5. The van der Waals surface area contributed by atoms with Gasteiger partial charge in [0.05, 0.1) is 6.54 Å². The summed E-state index contributed by atoms with van der Waals surface area (Å²) in [4.78, 5) is 11.6. The normalized spacial score (nSPS) is 29.4. The topological polar surface area (TPSA) is 41.1 Å². The van der Waals surface area contributed by atoms with Gasteiger partial charge in [0.2, 0.25) is 5.91 Å². The Morgan fingerprint density at radius 2 is 1.82 bits per heavy atom. The lowest BCUT2D eigenvalue weighted by Gasteiger charge is -2.35. The van der Waals surface area contributed by atoms with Gasteiger partial charge in [-0.25, -0.2) is 0 Å². The van der Waals surface area contributed by atoms with Crippen LogP contribution >= 0.6 is 0 Å². The lowest BCUT2D eigenvalue weighted by atomic mass is 9.79. The highest BCUT2D eigenvalue weighted by Crippen LogP contribution is 2.28. The van der Waals surface area contributed by atoms with Crippen molar-refractivity contribution < 1.29 is 4.79 Å². The Balaban J connectivity index is 2.26. The fourth-order valence-corrected chi connectivity index (χ4v) is 2.68. The predicted molar refractivity (Wildman–Crippen MR) is 71.8 cm³/mol. The lowest BCUT2D eigenvalue weighted by molar-refractivity contribution is -0.120. The molecule has 0 spiro atoms. The highest BCUT2D eigenvalue weighted by atomic mass is 16.1. The number of hydrogen-bond acceptors (Lipinski definition) is 2. The molecule has 3 heteroatoms. The molecule has 0 radical (unpaired) electrons. The molecular formula is C14H28N2O. The smallest absolute Gasteiger partial charge is 0.233 e. The van der Waals surface area contributed by atoms with Gasteiger partial charge in [0.25, 0.3) is 0 Å². The summed E-state index contributed by atoms with van der Waals surface area (Å²) in [5.74, 6) is 2.03. The van der Waals surface area contributed by atoms with E-state index >= 15 is 0 Å². The van der Waals surface area contributed by atoms with Crippen LogP contribution in [0, 0.1) is 17.8 Å². The second-order valence-electron chi connectivity index (χ2n) is 5.99. The van der Waals surface area contributed by atoms with Crippen LogP contribution in [0.3, 0.4) is 0 Å². The molecular weight excluding hydrogens is 212 g/mol. The summed E-state index contributed by atoms with van der Waals surface area (Å²) >= 11 is 0. The van der Waals surface area contributed by atoms with E-state index in [1.165, 1.54) is 19.3 Å². The van der Waals surface area contributed by atoms with E-state index in [1.54, 1.807) is 0 Å². The molecule has 1 saturated carbocycles. The fraction of sp³-hybridized carbons (Fsp3) is 0.929. The van der Waals surface area contributed by atoms with Crippen molar-refractivity contribution in [1.29, 1.82) is 0 Å². The maximum absolute atomic E-state index is 11.6. The standard InChI is InChI=1S/C14H28N2O/c1-10(2)8-15-13(17)9-16-14-11(3)6-5-7-12(14)4/h10-12,14,16H,5-9H2,1-4H3,(H,15,17). The molecule has 0 saturated heterocycles. The van der Waals surface area contributed by atoms with Crippen molar-refractivity contribution in [2.24, 2.45) is 17.8 Å². The summed E-state index contributed by atoms with van der Waals surface area (Å²) in [6.45, 7) is 10.0. The number of carbonyl (C=O) groups is 1. The van der Waals surface area contributed by atoms with Gasteiger partial charge in [-0.15, -0.1) is 0 Å². The van der Waals surface area contributed by atoms with Gasteiger partial charge in [-0.3, -0.25) is 4.79 Å². The van der Waals surface area contributed by atoms with Crippen LogP contribution in [-0.2, 0) is 4.79 Å². The molecule has 0 aromatic carbocycles. The van der Waals surface area contributed by atoms with Crippen molar-refractivity contribution in [3.05, 3.63) is 0 Å². The van der Waals surface area contributed by atoms with E-state index < -0.39 is 0 Å². The largest absolute Gasteiger partial charge is 0.355 e. The quantitative estimate of drug-likeness (QED) is 0.773. The minimum Gasteiger partial charge on any atom is -0.355 e. The summed E-state index contributed by atoms with van der Waals surface area (Å²) in [6.07, 6.45) is 3.91. The van der Waals surface area contributed by atoms with E-state index in [-0.39, 0.29) is 5.91 Å². The second-order valence-corrected chi connectivity index (χ2v) is 5.99. The maximum Gasteiger partial charge on any atom is 0.233 e. The van der Waals surface area contributed by atoms with Crippen molar-refractivity contribution in [2.75, 3.05) is 13.1 Å². The third-order valence-corrected chi connectivity index (χ3v) is 3.75. The summed E-state index contributed by atoms with van der Waals surface area (Å²) in [5.41, 5.74) is 0. The van der Waals surface area contributed by atoms with Crippen molar-refractivity contribution in [2.45, 2.75) is 53.0 Å². The molecule has 1 amide bonds. The third-order valence-electron chi connectivity index (χ3n) is 3.75. The van der Waals surface area contributed by atoms with Crippen molar-refractivity contribution in [1.82, 2.24) is 10.6 Å². The maximum atomic E-state index is 11.6. The average molecular weight is 240 g/mol. The van der Waals surface area contributed by atoms with Crippen LogP contribution in [0.15, 0.2) is 0 Å². The van der Waals surface area contributed by atoms with Crippen LogP contribution in [0.5, 0.6) is 0 Å². The van der Waals surface area contributed by atoms with Crippen molar-refractivity contribution in [3.63, 3.8) is 0 Å². The molecule has 0 bridgehead atoms. The molecule has 3 nitrogen and oxygen atoms in total. The monoisotopic (exact) mass is 240 g/mol. The first-order valence-electron chi connectivity index (χ1n) is 7.00. The highest BCUT2D eigenvalue weighted by molar-refractivity contribution is 5.78. The molecule has 2 atom stereocenters.